The third kappa shape index (κ3) is 2.16. The van der Waals surface area contributed by atoms with E-state index in [1.807, 2.05) is 18.2 Å². The summed E-state index contributed by atoms with van der Waals surface area (Å²) in [4.78, 5) is 11.1. The molecule has 1 aromatic heterocycles. The van der Waals surface area contributed by atoms with Gasteiger partial charge < -0.3 is 10.6 Å². The molecule has 19 heavy (non-hydrogen) atoms. The van der Waals surface area contributed by atoms with Gasteiger partial charge in [-0.3, -0.25) is 0 Å². The van der Waals surface area contributed by atoms with E-state index < -0.39 is 0 Å². The summed E-state index contributed by atoms with van der Waals surface area (Å²) in [6.45, 7) is 0.762. The Kier molecular flexibility index (Phi) is 3.34. The molecule has 1 fully saturated rings. The molecule has 0 saturated heterocycles. The highest BCUT2D eigenvalue weighted by Crippen LogP contribution is 2.33. The largest absolute Gasteiger partial charge is 0.356 e. The minimum Gasteiger partial charge on any atom is -0.356 e. The Balaban J connectivity index is 1.99. The fourth-order valence-electron chi connectivity index (χ4n) is 3.23. The molecule has 4 heteroatoms. The first-order valence-electron chi connectivity index (χ1n) is 6.94. The Labute approximate surface area is 113 Å². The van der Waals surface area contributed by atoms with Crippen LogP contribution in [0.5, 0.6) is 0 Å². The molecule has 0 amide bonds. The van der Waals surface area contributed by atoms with Crippen molar-refractivity contribution >= 4 is 16.7 Å². The van der Waals surface area contributed by atoms with Crippen molar-refractivity contribution in [2.45, 2.75) is 25.3 Å². The average Bonchev–Trinajstić information content (AvgIpc) is 2.94. The molecule has 0 aliphatic heterocycles. The molecule has 1 aromatic carbocycles. The summed E-state index contributed by atoms with van der Waals surface area (Å²) in [5.41, 5.74) is 6.89. The number of fused-ring (bicyclic) bond motifs is 1. The van der Waals surface area contributed by atoms with Crippen LogP contribution < -0.4 is 10.6 Å². The third-order valence-corrected chi connectivity index (χ3v) is 4.28. The van der Waals surface area contributed by atoms with Gasteiger partial charge in [0.15, 0.2) is 0 Å². The highest BCUT2D eigenvalue weighted by molar-refractivity contribution is 5.89. The van der Waals surface area contributed by atoms with Crippen molar-refractivity contribution in [3.63, 3.8) is 0 Å². The summed E-state index contributed by atoms with van der Waals surface area (Å²) in [7, 11) is 2.13. The summed E-state index contributed by atoms with van der Waals surface area (Å²) < 4.78 is 0. The van der Waals surface area contributed by atoms with E-state index in [1.165, 1.54) is 19.3 Å². The molecule has 1 aliphatic carbocycles. The highest BCUT2D eigenvalue weighted by Gasteiger charge is 2.30. The topological polar surface area (TPSA) is 55.0 Å². The molecular formula is C15H20N4. The highest BCUT2D eigenvalue weighted by atomic mass is 15.2. The maximum Gasteiger partial charge on any atom is 0.139 e. The molecule has 2 aromatic rings. The van der Waals surface area contributed by atoms with Gasteiger partial charge >= 0.3 is 0 Å². The summed E-state index contributed by atoms with van der Waals surface area (Å²) in [6, 6.07) is 8.68. The third-order valence-electron chi connectivity index (χ3n) is 4.28. The summed E-state index contributed by atoms with van der Waals surface area (Å²) in [6.07, 6.45) is 5.35. The minimum atomic E-state index is 0.503. The van der Waals surface area contributed by atoms with Crippen LogP contribution in [-0.4, -0.2) is 29.6 Å². The zero-order valence-corrected chi connectivity index (χ0v) is 11.3. The van der Waals surface area contributed by atoms with Gasteiger partial charge in [0.25, 0.3) is 0 Å². The summed E-state index contributed by atoms with van der Waals surface area (Å²) in [5, 5.41) is 1.12. The Morgan fingerprint density at radius 1 is 1.26 bits per heavy atom. The van der Waals surface area contributed by atoms with Crippen molar-refractivity contribution in [2.24, 2.45) is 11.7 Å². The van der Waals surface area contributed by atoms with Crippen molar-refractivity contribution in [1.29, 1.82) is 0 Å². The normalized spacial score (nSPS) is 22.8. The second kappa shape index (κ2) is 5.13. The van der Waals surface area contributed by atoms with E-state index in [4.69, 9.17) is 5.73 Å². The van der Waals surface area contributed by atoms with Crippen molar-refractivity contribution in [3.05, 3.63) is 30.6 Å². The van der Waals surface area contributed by atoms with E-state index >= 15 is 0 Å². The average molecular weight is 256 g/mol. The van der Waals surface area contributed by atoms with E-state index in [9.17, 15) is 0 Å². The quantitative estimate of drug-likeness (QED) is 0.914. The first-order valence-corrected chi connectivity index (χ1v) is 6.94. The van der Waals surface area contributed by atoms with Gasteiger partial charge in [0, 0.05) is 18.5 Å². The first kappa shape index (κ1) is 12.4. The maximum absolute atomic E-state index is 5.89. The smallest absolute Gasteiger partial charge is 0.139 e. The molecule has 0 bridgehead atoms. The number of benzene rings is 1. The molecule has 4 nitrogen and oxygen atoms in total. The first-order chi connectivity index (χ1) is 9.31. The lowest BCUT2D eigenvalue weighted by Crippen LogP contribution is -2.38. The standard InChI is InChI=1S/C15H20N4/c1-19(14-8-4-5-11(14)9-16)15-12-6-2-3-7-13(12)17-10-18-15/h2-3,6-7,10-11,14H,4-5,8-9,16H2,1H3. The SMILES string of the molecule is CN(c1ncnc2ccccc12)C1CCCC1CN. The lowest BCUT2D eigenvalue weighted by atomic mass is 10.0. The second-order valence-corrected chi connectivity index (χ2v) is 5.32. The summed E-state index contributed by atoms with van der Waals surface area (Å²) >= 11 is 0. The van der Waals surface area contributed by atoms with E-state index in [0.29, 0.717) is 12.0 Å². The van der Waals surface area contributed by atoms with Gasteiger partial charge in [0.1, 0.15) is 12.1 Å². The monoisotopic (exact) mass is 256 g/mol. The number of rotatable bonds is 3. The van der Waals surface area contributed by atoms with E-state index in [0.717, 1.165) is 23.3 Å². The Morgan fingerprint density at radius 3 is 2.95 bits per heavy atom. The molecule has 0 spiro atoms. The van der Waals surface area contributed by atoms with E-state index in [2.05, 4.69) is 28.0 Å². The van der Waals surface area contributed by atoms with E-state index in [1.54, 1.807) is 6.33 Å². The molecule has 2 atom stereocenters. The summed E-state index contributed by atoms with van der Waals surface area (Å²) in [5.74, 6) is 1.61. The number of hydrogen-bond acceptors (Lipinski definition) is 4. The molecule has 100 valence electrons. The molecule has 1 saturated carbocycles. The molecule has 3 rings (SSSR count). The van der Waals surface area contributed by atoms with Gasteiger partial charge in [0.2, 0.25) is 0 Å². The zero-order valence-electron chi connectivity index (χ0n) is 11.3. The predicted molar refractivity (Wildman–Crippen MR) is 78.1 cm³/mol. The minimum absolute atomic E-state index is 0.503. The van der Waals surface area contributed by atoms with Crippen molar-refractivity contribution in [1.82, 2.24) is 9.97 Å². The molecule has 1 aliphatic rings. The van der Waals surface area contributed by atoms with Gasteiger partial charge in [0.05, 0.1) is 5.52 Å². The van der Waals surface area contributed by atoms with Gasteiger partial charge in [-0.05, 0) is 37.4 Å². The number of para-hydroxylation sites is 1. The van der Waals surface area contributed by atoms with Crippen LogP contribution in [0.15, 0.2) is 30.6 Å². The van der Waals surface area contributed by atoms with Crippen LogP contribution in [0, 0.1) is 5.92 Å². The van der Waals surface area contributed by atoms with Crippen LogP contribution in [0.1, 0.15) is 19.3 Å². The lowest BCUT2D eigenvalue weighted by Gasteiger charge is -2.30. The van der Waals surface area contributed by atoms with E-state index in [-0.39, 0.29) is 0 Å². The fourth-order valence-corrected chi connectivity index (χ4v) is 3.23. The van der Waals surface area contributed by atoms with Crippen molar-refractivity contribution < 1.29 is 0 Å². The molecule has 2 N–H and O–H groups in total. The zero-order chi connectivity index (χ0) is 13.2. The van der Waals surface area contributed by atoms with Gasteiger partial charge in [-0.2, -0.15) is 0 Å². The van der Waals surface area contributed by atoms with Gasteiger partial charge in [-0.15, -0.1) is 0 Å². The van der Waals surface area contributed by atoms with Gasteiger partial charge in [-0.25, -0.2) is 9.97 Å². The van der Waals surface area contributed by atoms with Crippen molar-refractivity contribution in [3.8, 4) is 0 Å². The number of anilines is 1. The van der Waals surface area contributed by atoms with Crippen LogP contribution >= 0.6 is 0 Å². The Morgan fingerprint density at radius 2 is 2.11 bits per heavy atom. The predicted octanol–water partition coefficient (Wildman–Crippen LogP) is 2.19. The number of hydrogen-bond donors (Lipinski definition) is 1. The second-order valence-electron chi connectivity index (χ2n) is 5.32. The molecular weight excluding hydrogens is 236 g/mol. The number of aromatic nitrogens is 2. The van der Waals surface area contributed by atoms with Crippen LogP contribution in [0.3, 0.4) is 0 Å². The fraction of sp³-hybridized carbons (Fsp3) is 0.467. The Bertz CT molecular complexity index is 564. The van der Waals surface area contributed by atoms with Crippen molar-refractivity contribution in [2.75, 3.05) is 18.5 Å². The molecule has 2 unspecified atom stereocenters. The Hall–Kier alpha value is -1.68. The molecule has 1 heterocycles. The van der Waals surface area contributed by atoms with Gasteiger partial charge in [-0.1, -0.05) is 18.6 Å². The maximum atomic E-state index is 5.89. The number of nitrogens with zero attached hydrogens (tertiary/aromatic N) is 3. The van der Waals surface area contributed by atoms with Crippen LogP contribution in [-0.2, 0) is 0 Å². The van der Waals surface area contributed by atoms with Crippen LogP contribution in [0.2, 0.25) is 0 Å². The lowest BCUT2D eigenvalue weighted by molar-refractivity contribution is 0.473. The van der Waals surface area contributed by atoms with Crippen LogP contribution in [0.4, 0.5) is 5.82 Å². The van der Waals surface area contributed by atoms with Crippen LogP contribution in [0.25, 0.3) is 10.9 Å². The number of nitrogens with two attached hydrogens (primary N) is 1. The molecule has 0 radical (unpaired) electrons.